The molecule has 0 aliphatic carbocycles. The lowest BCUT2D eigenvalue weighted by Gasteiger charge is -2.28. The summed E-state index contributed by atoms with van der Waals surface area (Å²) in [5, 5.41) is 21.0. The van der Waals surface area contributed by atoms with Crippen LogP contribution in [0.3, 0.4) is 0 Å². The van der Waals surface area contributed by atoms with Crippen molar-refractivity contribution < 1.29 is 9.47 Å². The first-order valence-electron chi connectivity index (χ1n) is 9.29. The number of pyridine rings is 1. The molecular weight excluding hydrogens is 412 g/mol. The lowest BCUT2D eigenvalue weighted by atomic mass is 9.96. The van der Waals surface area contributed by atoms with Crippen molar-refractivity contribution in [2.45, 2.75) is 5.06 Å². The van der Waals surface area contributed by atoms with Gasteiger partial charge in [-0.2, -0.15) is 5.26 Å². The first-order valence-corrected chi connectivity index (χ1v) is 9.67. The predicted molar refractivity (Wildman–Crippen MR) is 117 cm³/mol. The zero-order valence-corrected chi connectivity index (χ0v) is 16.9. The molecule has 1 atom stereocenters. The third kappa shape index (κ3) is 3.81. The quantitative estimate of drug-likeness (QED) is 0.310. The van der Waals surface area contributed by atoms with E-state index in [2.05, 4.69) is 10.3 Å². The molecule has 7 heteroatoms. The van der Waals surface area contributed by atoms with Gasteiger partial charge in [0.25, 0.3) is 17.6 Å². The van der Waals surface area contributed by atoms with Gasteiger partial charge in [0.05, 0.1) is 5.56 Å². The highest BCUT2D eigenvalue weighted by Gasteiger charge is 2.40. The number of para-hydroxylation sites is 2. The molecule has 1 heterocycles. The summed E-state index contributed by atoms with van der Waals surface area (Å²) >= 11 is 7.00. The zero-order valence-electron chi connectivity index (χ0n) is 16.1. The van der Waals surface area contributed by atoms with Crippen LogP contribution < -0.4 is 10.1 Å². The average molecular weight is 427 g/mol. The Hall–Kier alpha value is -4.26. The Balaban J connectivity index is 1.93. The van der Waals surface area contributed by atoms with Crippen molar-refractivity contribution in [1.82, 2.24) is 4.98 Å². The number of benzene rings is 3. The molecule has 3 aromatic carbocycles. The lowest BCUT2D eigenvalue weighted by molar-refractivity contribution is 0.156. The molecule has 0 aliphatic heterocycles. The molecule has 150 valence electrons. The van der Waals surface area contributed by atoms with E-state index in [0.29, 0.717) is 16.8 Å². The van der Waals surface area contributed by atoms with Crippen molar-refractivity contribution >= 4 is 33.9 Å². The molecule has 31 heavy (non-hydrogen) atoms. The Morgan fingerprint density at radius 2 is 1.61 bits per heavy atom. The molecule has 4 rings (SSSR count). The average Bonchev–Trinajstić information content (AvgIpc) is 2.80. The second-order valence-corrected chi connectivity index (χ2v) is 7.07. The van der Waals surface area contributed by atoms with Gasteiger partial charge in [0.15, 0.2) is 5.75 Å². The van der Waals surface area contributed by atoms with Crippen LogP contribution in [0, 0.1) is 23.0 Å². The van der Waals surface area contributed by atoms with Crippen LogP contribution >= 0.6 is 11.6 Å². The van der Waals surface area contributed by atoms with Crippen LogP contribution in [0.1, 0.15) is 11.1 Å². The summed E-state index contributed by atoms with van der Waals surface area (Å²) in [5.41, 5.74) is 2.65. The zero-order chi connectivity index (χ0) is 21.7. The van der Waals surface area contributed by atoms with Crippen LogP contribution in [0.25, 0.3) is 10.9 Å². The number of aromatic nitrogens is 1. The van der Waals surface area contributed by atoms with Gasteiger partial charge in [-0.25, -0.2) is 0 Å². The van der Waals surface area contributed by atoms with E-state index in [1.54, 1.807) is 49.0 Å². The smallest absolute Gasteiger partial charge is 0.292 e. The summed E-state index contributed by atoms with van der Waals surface area (Å²) in [6.07, 6.45) is 4.96. The number of nitriles is 2. The number of halogens is 1. The van der Waals surface area contributed by atoms with Crippen LogP contribution in [0.15, 0.2) is 85.1 Å². The number of hydrogen-bond acceptors (Lipinski definition) is 6. The summed E-state index contributed by atoms with van der Waals surface area (Å²) in [6, 6.07) is 23.8. The van der Waals surface area contributed by atoms with Gasteiger partial charge in [-0.05, 0) is 30.3 Å². The highest BCUT2D eigenvalue weighted by Crippen LogP contribution is 2.47. The van der Waals surface area contributed by atoms with E-state index in [1.807, 2.05) is 48.5 Å². The van der Waals surface area contributed by atoms with E-state index in [4.69, 9.17) is 21.1 Å². The number of nitrogens with one attached hydrogen (secondary N) is 1. The summed E-state index contributed by atoms with van der Waals surface area (Å²) in [4.78, 5) is 4.33. The summed E-state index contributed by atoms with van der Waals surface area (Å²) in [5.74, 6) is 0.125. The third-order valence-corrected chi connectivity index (χ3v) is 5.22. The lowest BCUT2D eigenvalue weighted by Crippen LogP contribution is -2.25. The summed E-state index contributed by atoms with van der Waals surface area (Å²) < 4.78 is 10.7. The van der Waals surface area contributed by atoms with Crippen LogP contribution in [0.4, 0.5) is 11.4 Å². The molecule has 0 bridgehead atoms. The predicted octanol–water partition coefficient (Wildman–Crippen LogP) is 5.78. The summed E-state index contributed by atoms with van der Waals surface area (Å²) in [6.45, 7) is 0. The van der Waals surface area contributed by atoms with Crippen LogP contribution in [-0.4, -0.2) is 4.98 Å². The molecule has 6 nitrogen and oxygen atoms in total. The van der Waals surface area contributed by atoms with Gasteiger partial charge in [-0.15, -0.1) is 5.26 Å². The molecular formula is C24H15ClN4O2. The second kappa shape index (κ2) is 8.62. The molecule has 0 radical (unpaired) electrons. The Morgan fingerprint density at radius 3 is 2.39 bits per heavy atom. The van der Waals surface area contributed by atoms with Crippen molar-refractivity contribution in [2.24, 2.45) is 0 Å². The number of fused-ring (bicyclic) bond motifs is 1. The molecule has 0 saturated carbocycles. The van der Waals surface area contributed by atoms with Crippen molar-refractivity contribution in [3.05, 3.63) is 96.2 Å². The van der Waals surface area contributed by atoms with E-state index in [9.17, 15) is 10.5 Å². The van der Waals surface area contributed by atoms with Gasteiger partial charge < -0.3 is 14.8 Å². The van der Waals surface area contributed by atoms with E-state index < -0.39 is 5.06 Å². The molecule has 0 amide bonds. The fraction of sp³-hybridized carbons (Fsp3) is 0.0417. The fourth-order valence-corrected chi connectivity index (χ4v) is 3.74. The number of hydrogen-bond donors (Lipinski definition) is 1. The Morgan fingerprint density at radius 1 is 0.839 bits per heavy atom. The fourth-order valence-electron chi connectivity index (χ4n) is 3.39. The SMILES string of the molecule is N#COc1c(C(Cl)(OC#N)c2ccccc2Nc2ccccc2)ccc2cccnc12. The van der Waals surface area contributed by atoms with E-state index >= 15 is 0 Å². The minimum Gasteiger partial charge on any atom is -0.394 e. The maximum absolute atomic E-state index is 9.44. The maximum atomic E-state index is 9.44. The largest absolute Gasteiger partial charge is 0.394 e. The van der Waals surface area contributed by atoms with Crippen molar-refractivity contribution in [1.29, 1.82) is 10.5 Å². The number of alkyl halides is 1. The number of anilines is 2. The van der Waals surface area contributed by atoms with Gasteiger partial charge in [0.2, 0.25) is 0 Å². The minimum atomic E-state index is -1.77. The highest BCUT2D eigenvalue weighted by atomic mass is 35.5. The molecule has 0 fully saturated rings. The molecule has 0 saturated heterocycles. The Kier molecular flexibility index (Phi) is 5.57. The highest BCUT2D eigenvalue weighted by molar-refractivity contribution is 6.26. The normalized spacial score (nSPS) is 12.2. The van der Waals surface area contributed by atoms with Gasteiger partial charge in [-0.3, -0.25) is 4.98 Å². The first-order chi connectivity index (χ1) is 15.2. The van der Waals surface area contributed by atoms with E-state index in [-0.39, 0.29) is 11.3 Å². The summed E-state index contributed by atoms with van der Waals surface area (Å²) in [7, 11) is 0. The minimum absolute atomic E-state index is 0.125. The molecule has 0 spiro atoms. The van der Waals surface area contributed by atoms with Gasteiger partial charge >= 0.3 is 0 Å². The molecule has 1 N–H and O–H groups in total. The molecule has 0 aliphatic rings. The molecule has 1 unspecified atom stereocenters. The van der Waals surface area contributed by atoms with E-state index in [1.165, 1.54) is 0 Å². The Bertz CT molecular complexity index is 1310. The standard InChI is InChI=1S/C24H15ClN4O2/c25-24(31-16-27,19-10-4-5-11-21(19)29-18-8-2-1-3-9-18)20-13-12-17-7-6-14-28-22(17)23(20)30-15-26/h1-14,29H. The van der Waals surface area contributed by atoms with Crippen molar-refractivity contribution in [3.63, 3.8) is 0 Å². The maximum Gasteiger partial charge on any atom is 0.292 e. The van der Waals surface area contributed by atoms with Crippen LogP contribution in [0.2, 0.25) is 0 Å². The number of nitrogens with zero attached hydrogens (tertiary/aromatic N) is 3. The second-order valence-electron chi connectivity index (χ2n) is 6.54. The van der Waals surface area contributed by atoms with E-state index in [0.717, 1.165) is 11.1 Å². The van der Waals surface area contributed by atoms with Gasteiger partial charge in [0, 0.05) is 28.5 Å². The number of ether oxygens (including phenoxy) is 2. The van der Waals surface area contributed by atoms with Crippen molar-refractivity contribution in [3.8, 4) is 18.3 Å². The third-order valence-electron chi connectivity index (χ3n) is 4.73. The molecule has 1 aromatic heterocycles. The Labute approximate surface area is 183 Å². The first kappa shape index (κ1) is 20.0. The molecule has 4 aromatic rings. The van der Waals surface area contributed by atoms with Crippen LogP contribution in [-0.2, 0) is 9.80 Å². The monoisotopic (exact) mass is 426 g/mol. The topological polar surface area (TPSA) is 91.0 Å². The van der Waals surface area contributed by atoms with Crippen LogP contribution in [0.5, 0.6) is 5.75 Å². The van der Waals surface area contributed by atoms with Gasteiger partial charge in [0.1, 0.15) is 5.52 Å². The van der Waals surface area contributed by atoms with Crippen molar-refractivity contribution in [2.75, 3.05) is 5.32 Å². The number of rotatable bonds is 6. The van der Waals surface area contributed by atoms with Gasteiger partial charge in [-0.1, -0.05) is 60.1 Å².